The van der Waals surface area contributed by atoms with Crippen LogP contribution in [0.1, 0.15) is 5.56 Å². The van der Waals surface area contributed by atoms with Gasteiger partial charge in [-0.1, -0.05) is 12.1 Å². The maximum absolute atomic E-state index is 12.8. The molecule has 0 bridgehead atoms. The van der Waals surface area contributed by atoms with Gasteiger partial charge in [0, 0.05) is 26.2 Å². The molecule has 0 aliphatic carbocycles. The van der Waals surface area contributed by atoms with Gasteiger partial charge in [-0.15, -0.1) is 0 Å². The smallest absolute Gasteiger partial charge is 0.260 e. The molecular weight excluding hydrogens is 380 g/mol. The molecule has 0 spiro atoms. The van der Waals surface area contributed by atoms with E-state index in [0.29, 0.717) is 24.6 Å². The van der Waals surface area contributed by atoms with E-state index in [9.17, 15) is 13.2 Å². The van der Waals surface area contributed by atoms with E-state index in [1.807, 2.05) is 25.1 Å². The van der Waals surface area contributed by atoms with Crippen molar-refractivity contribution in [3.8, 4) is 11.5 Å². The number of carbonyl (C=O) groups excluding carboxylic acids is 1. The first-order valence-electron chi connectivity index (χ1n) is 9.01. The summed E-state index contributed by atoms with van der Waals surface area (Å²) >= 11 is 0. The van der Waals surface area contributed by atoms with E-state index < -0.39 is 10.0 Å². The predicted octanol–water partition coefficient (Wildman–Crippen LogP) is 1.92. The predicted molar refractivity (Wildman–Crippen MR) is 105 cm³/mol. The minimum absolute atomic E-state index is 0.0608. The van der Waals surface area contributed by atoms with Crippen LogP contribution < -0.4 is 9.47 Å². The molecule has 150 valence electrons. The van der Waals surface area contributed by atoms with Crippen molar-refractivity contribution in [3.05, 3.63) is 54.1 Å². The zero-order chi connectivity index (χ0) is 20.1. The van der Waals surface area contributed by atoms with Gasteiger partial charge in [0.2, 0.25) is 10.0 Å². The highest BCUT2D eigenvalue weighted by atomic mass is 32.2. The molecule has 3 rings (SSSR count). The van der Waals surface area contributed by atoms with Crippen LogP contribution in [0.2, 0.25) is 0 Å². The van der Waals surface area contributed by atoms with Crippen molar-refractivity contribution in [2.75, 3.05) is 39.9 Å². The van der Waals surface area contributed by atoms with E-state index in [1.165, 1.54) is 23.5 Å². The zero-order valence-corrected chi connectivity index (χ0v) is 16.8. The van der Waals surface area contributed by atoms with Crippen molar-refractivity contribution in [1.82, 2.24) is 9.21 Å². The van der Waals surface area contributed by atoms with Crippen LogP contribution in [0.3, 0.4) is 0 Å². The third kappa shape index (κ3) is 4.63. The standard InChI is InChI=1S/C20H24N2O5S/c1-16-4-3-5-18(14-16)27-15-20(23)21-10-12-22(13-11-21)28(24,25)19-8-6-17(26-2)7-9-19/h3-9,14H,10-13,15H2,1-2H3. The number of methoxy groups -OCH3 is 1. The molecule has 8 heteroatoms. The fraction of sp³-hybridized carbons (Fsp3) is 0.350. The maximum Gasteiger partial charge on any atom is 0.260 e. The van der Waals surface area contributed by atoms with Gasteiger partial charge >= 0.3 is 0 Å². The average Bonchev–Trinajstić information content (AvgIpc) is 2.72. The number of amides is 1. The molecule has 2 aromatic carbocycles. The van der Waals surface area contributed by atoms with Crippen LogP contribution in [0.5, 0.6) is 11.5 Å². The highest BCUT2D eigenvalue weighted by Gasteiger charge is 2.30. The number of nitrogens with zero attached hydrogens (tertiary/aromatic N) is 2. The Bertz CT molecular complexity index is 920. The summed E-state index contributed by atoms with van der Waals surface area (Å²) in [6.45, 7) is 3.08. The summed E-state index contributed by atoms with van der Waals surface area (Å²) < 4.78 is 37.5. The fourth-order valence-corrected chi connectivity index (χ4v) is 4.44. The number of carbonyl (C=O) groups is 1. The zero-order valence-electron chi connectivity index (χ0n) is 16.0. The molecule has 7 nitrogen and oxygen atoms in total. The maximum atomic E-state index is 12.8. The van der Waals surface area contributed by atoms with Crippen molar-refractivity contribution in [2.45, 2.75) is 11.8 Å². The molecule has 0 atom stereocenters. The number of rotatable bonds is 6. The first kappa shape index (κ1) is 20.2. The van der Waals surface area contributed by atoms with Gasteiger partial charge in [0.25, 0.3) is 5.91 Å². The Morgan fingerprint density at radius 2 is 1.68 bits per heavy atom. The van der Waals surface area contributed by atoms with Crippen molar-refractivity contribution < 1.29 is 22.7 Å². The molecule has 0 N–H and O–H groups in total. The minimum atomic E-state index is -3.59. The van der Waals surface area contributed by atoms with E-state index in [4.69, 9.17) is 9.47 Å². The summed E-state index contributed by atoms with van der Waals surface area (Å²) in [4.78, 5) is 14.2. The molecule has 0 radical (unpaired) electrons. The molecule has 0 unspecified atom stereocenters. The number of hydrogen-bond donors (Lipinski definition) is 0. The van der Waals surface area contributed by atoms with Crippen molar-refractivity contribution in [2.24, 2.45) is 0 Å². The molecule has 1 amide bonds. The Kier molecular flexibility index (Phi) is 6.21. The number of ether oxygens (including phenoxy) is 2. The Labute approximate surface area is 165 Å². The van der Waals surface area contributed by atoms with E-state index >= 15 is 0 Å². The molecule has 0 aromatic heterocycles. The molecular formula is C20H24N2O5S. The van der Waals surface area contributed by atoms with E-state index in [0.717, 1.165) is 5.56 Å². The average molecular weight is 404 g/mol. The largest absolute Gasteiger partial charge is 0.497 e. The molecule has 1 aliphatic heterocycles. The van der Waals surface area contributed by atoms with Crippen LogP contribution in [0.15, 0.2) is 53.4 Å². The van der Waals surface area contributed by atoms with E-state index in [-0.39, 0.29) is 30.5 Å². The van der Waals surface area contributed by atoms with Crippen molar-refractivity contribution >= 4 is 15.9 Å². The summed E-state index contributed by atoms with van der Waals surface area (Å²) in [7, 11) is -2.06. The molecule has 28 heavy (non-hydrogen) atoms. The Balaban J connectivity index is 1.55. The van der Waals surface area contributed by atoms with Gasteiger partial charge < -0.3 is 14.4 Å². The van der Waals surface area contributed by atoms with Gasteiger partial charge in [-0.2, -0.15) is 4.31 Å². The van der Waals surface area contributed by atoms with Crippen LogP contribution in [0, 0.1) is 6.92 Å². The van der Waals surface area contributed by atoms with Crippen molar-refractivity contribution in [1.29, 1.82) is 0 Å². The SMILES string of the molecule is COc1ccc(S(=O)(=O)N2CCN(C(=O)COc3cccc(C)c3)CC2)cc1. The number of aryl methyl sites for hydroxylation is 1. The van der Waals surface area contributed by atoms with Crippen molar-refractivity contribution in [3.63, 3.8) is 0 Å². The number of hydrogen-bond acceptors (Lipinski definition) is 5. The molecule has 1 fully saturated rings. The van der Waals surface area contributed by atoms with Crippen LogP contribution in [0.25, 0.3) is 0 Å². The second-order valence-electron chi connectivity index (χ2n) is 6.57. The normalized spacial score (nSPS) is 15.3. The molecule has 1 aliphatic rings. The number of piperazine rings is 1. The van der Waals surface area contributed by atoms with Gasteiger partial charge in [0.05, 0.1) is 12.0 Å². The van der Waals surface area contributed by atoms with Crippen LogP contribution >= 0.6 is 0 Å². The number of sulfonamides is 1. The van der Waals surface area contributed by atoms with Crippen LogP contribution in [0.4, 0.5) is 0 Å². The summed E-state index contributed by atoms with van der Waals surface area (Å²) in [5.74, 6) is 1.10. The quantitative estimate of drug-likeness (QED) is 0.735. The lowest BCUT2D eigenvalue weighted by Gasteiger charge is -2.34. The molecule has 1 saturated heterocycles. The summed E-state index contributed by atoms with van der Waals surface area (Å²) in [6, 6.07) is 13.8. The lowest BCUT2D eigenvalue weighted by atomic mass is 10.2. The van der Waals surface area contributed by atoms with Gasteiger partial charge in [-0.25, -0.2) is 8.42 Å². The van der Waals surface area contributed by atoms with Gasteiger partial charge in [-0.3, -0.25) is 4.79 Å². The fourth-order valence-electron chi connectivity index (χ4n) is 3.02. The summed E-state index contributed by atoms with van der Waals surface area (Å²) in [6.07, 6.45) is 0. The van der Waals surface area contributed by atoms with E-state index in [2.05, 4.69) is 0 Å². The first-order valence-corrected chi connectivity index (χ1v) is 10.5. The topological polar surface area (TPSA) is 76.2 Å². The lowest BCUT2D eigenvalue weighted by molar-refractivity contribution is -0.134. The second kappa shape index (κ2) is 8.62. The monoisotopic (exact) mass is 404 g/mol. The Hall–Kier alpha value is -2.58. The number of benzene rings is 2. The van der Waals surface area contributed by atoms with Crippen LogP contribution in [-0.2, 0) is 14.8 Å². The minimum Gasteiger partial charge on any atom is -0.497 e. The second-order valence-corrected chi connectivity index (χ2v) is 8.50. The van der Waals surface area contributed by atoms with Crippen LogP contribution in [-0.4, -0.2) is 63.4 Å². The first-order chi connectivity index (χ1) is 13.4. The Morgan fingerprint density at radius 1 is 1.00 bits per heavy atom. The third-order valence-corrected chi connectivity index (χ3v) is 6.55. The van der Waals surface area contributed by atoms with Gasteiger partial charge in [-0.05, 0) is 48.9 Å². The molecule has 1 heterocycles. The summed E-state index contributed by atoms with van der Waals surface area (Å²) in [5.41, 5.74) is 1.06. The third-order valence-electron chi connectivity index (χ3n) is 4.64. The van der Waals surface area contributed by atoms with Gasteiger partial charge in [0.15, 0.2) is 6.61 Å². The Morgan fingerprint density at radius 3 is 2.29 bits per heavy atom. The highest BCUT2D eigenvalue weighted by molar-refractivity contribution is 7.89. The highest BCUT2D eigenvalue weighted by Crippen LogP contribution is 2.21. The molecule has 2 aromatic rings. The summed E-state index contributed by atoms with van der Waals surface area (Å²) in [5, 5.41) is 0. The lowest BCUT2D eigenvalue weighted by Crippen LogP contribution is -2.51. The van der Waals surface area contributed by atoms with E-state index in [1.54, 1.807) is 23.1 Å². The van der Waals surface area contributed by atoms with Gasteiger partial charge in [0.1, 0.15) is 11.5 Å². The molecule has 0 saturated carbocycles.